The average Bonchev–Trinajstić information content (AvgIpc) is 2.48. The van der Waals surface area contributed by atoms with E-state index in [1.54, 1.807) is 13.0 Å². The maximum absolute atomic E-state index is 11.1. The summed E-state index contributed by atoms with van der Waals surface area (Å²) in [6, 6.07) is 5.58. The second-order valence-electron chi connectivity index (χ2n) is 7.12. The SMILES string of the molecule is CC(C)CC(O)CC(C)O.CCCc1cccc(C(=O)O)c1CCC. The van der Waals surface area contributed by atoms with E-state index >= 15 is 0 Å². The van der Waals surface area contributed by atoms with E-state index in [-0.39, 0.29) is 12.2 Å². The van der Waals surface area contributed by atoms with Gasteiger partial charge in [0.15, 0.2) is 0 Å². The second kappa shape index (κ2) is 12.9. The van der Waals surface area contributed by atoms with E-state index in [1.807, 2.05) is 12.1 Å². The van der Waals surface area contributed by atoms with Crippen LogP contribution in [-0.4, -0.2) is 33.5 Å². The molecule has 0 aliphatic rings. The van der Waals surface area contributed by atoms with Crippen molar-refractivity contribution in [2.24, 2.45) is 5.92 Å². The highest BCUT2D eigenvalue weighted by Crippen LogP contribution is 2.18. The molecular weight excluding hydrogens is 316 g/mol. The second-order valence-corrected chi connectivity index (χ2v) is 7.12. The summed E-state index contributed by atoms with van der Waals surface area (Å²) in [5, 5.41) is 27.2. The summed E-state index contributed by atoms with van der Waals surface area (Å²) in [5.41, 5.74) is 2.69. The molecule has 0 aliphatic carbocycles. The van der Waals surface area contributed by atoms with Crippen molar-refractivity contribution in [3.05, 3.63) is 34.9 Å². The first-order valence-electron chi connectivity index (χ1n) is 9.42. The number of carboxylic acid groups (broad SMARTS) is 1. The molecule has 0 radical (unpaired) electrons. The van der Waals surface area contributed by atoms with Crippen molar-refractivity contribution in [2.45, 2.75) is 85.4 Å². The molecule has 0 amide bonds. The molecule has 1 aromatic carbocycles. The molecule has 0 aromatic heterocycles. The Bertz CT molecular complexity index is 485. The van der Waals surface area contributed by atoms with Crippen LogP contribution in [0, 0.1) is 5.92 Å². The highest BCUT2D eigenvalue weighted by atomic mass is 16.4. The third-order valence-electron chi connectivity index (χ3n) is 3.88. The van der Waals surface area contributed by atoms with Crippen molar-refractivity contribution < 1.29 is 20.1 Å². The quantitative estimate of drug-likeness (QED) is 0.613. The minimum absolute atomic E-state index is 0.333. The first-order valence-corrected chi connectivity index (χ1v) is 9.42. The summed E-state index contributed by atoms with van der Waals surface area (Å²) in [4.78, 5) is 11.1. The number of rotatable bonds is 9. The Morgan fingerprint density at radius 1 is 1.00 bits per heavy atom. The zero-order valence-corrected chi connectivity index (χ0v) is 16.5. The number of aryl methyl sites for hydroxylation is 1. The summed E-state index contributed by atoms with van der Waals surface area (Å²) in [5.74, 6) is -0.301. The van der Waals surface area contributed by atoms with E-state index in [0.29, 0.717) is 17.9 Å². The van der Waals surface area contributed by atoms with Crippen molar-refractivity contribution in [2.75, 3.05) is 0 Å². The molecule has 4 nitrogen and oxygen atoms in total. The van der Waals surface area contributed by atoms with Crippen LogP contribution >= 0.6 is 0 Å². The van der Waals surface area contributed by atoms with Crippen LogP contribution in [0.5, 0.6) is 0 Å². The highest BCUT2D eigenvalue weighted by Gasteiger charge is 2.12. The van der Waals surface area contributed by atoms with Gasteiger partial charge in [-0.15, -0.1) is 0 Å². The Morgan fingerprint density at radius 2 is 1.60 bits per heavy atom. The van der Waals surface area contributed by atoms with Crippen LogP contribution in [0.15, 0.2) is 18.2 Å². The zero-order valence-electron chi connectivity index (χ0n) is 16.5. The molecule has 4 heteroatoms. The van der Waals surface area contributed by atoms with Crippen LogP contribution in [0.4, 0.5) is 0 Å². The number of benzene rings is 1. The van der Waals surface area contributed by atoms with Gasteiger partial charge in [0, 0.05) is 0 Å². The fraction of sp³-hybridized carbons (Fsp3) is 0.667. The Hall–Kier alpha value is -1.39. The molecule has 0 heterocycles. The van der Waals surface area contributed by atoms with Crippen LogP contribution in [0.3, 0.4) is 0 Å². The van der Waals surface area contributed by atoms with Gasteiger partial charge in [0.1, 0.15) is 0 Å². The van der Waals surface area contributed by atoms with Gasteiger partial charge in [0.2, 0.25) is 0 Å². The number of aromatic carboxylic acids is 1. The van der Waals surface area contributed by atoms with Gasteiger partial charge in [-0.05, 0) is 55.7 Å². The number of hydrogen-bond donors (Lipinski definition) is 3. The maximum atomic E-state index is 11.1. The Balaban J connectivity index is 0.000000504. The number of hydrogen-bond acceptors (Lipinski definition) is 3. The maximum Gasteiger partial charge on any atom is 0.335 e. The van der Waals surface area contributed by atoms with Gasteiger partial charge < -0.3 is 15.3 Å². The predicted molar refractivity (Wildman–Crippen MR) is 103 cm³/mol. The lowest BCUT2D eigenvalue weighted by atomic mass is 9.94. The molecule has 25 heavy (non-hydrogen) atoms. The average molecular weight is 353 g/mol. The van der Waals surface area contributed by atoms with Gasteiger partial charge in [-0.1, -0.05) is 52.7 Å². The summed E-state index contributed by atoms with van der Waals surface area (Å²) in [7, 11) is 0. The van der Waals surface area contributed by atoms with Crippen molar-refractivity contribution in [3.8, 4) is 0 Å². The summed E-state index contributed by atoms with van der Waals surface area (Å²) < 4.78 is 0. The van der Waals surface area contributed by atoms with Gasteiger partial charge in [0.25, 0.3) is 0 Å². The number of carbonyl (C=O) groups is 1. The third-order valence-corrected chi connectivity index (χ3v) is 3.88. The van der Waals surface area contributed by atoms with Crippen LogP contribution in [0.25, 0.3) is 0 Å². The first-order chi connectivity index (χ1) is 11.7. The van der Waals surface area contributed by atoms with Gasteiger partial charge in [-0.2, -0.15) is 0 Å². The molecule has 0 saturated carbocycles. The molecule has 0 spiro atoms. The van der Waals surface area contributed by atoms with Crippen LogP contribution in [0.2, 0.25) is 0 Å². The van der Waals surface area contributed by atoms with Crippen molar-refractivity contribution in [1.82, 2.24) is 0 Å². The fourth-order valence-electron chi connectivity index (χ4n) is 2.92. The smallest absolute Gasteiger partial charge is 0.335 e. The van der Waals surface area contributed by atoms with E-state index < -0.39 is 5.97 Å². The predicted octanol–water partition coefficient (Wildman–Crippen LogP) is 4.45. The van der Waals surface area contributed by atoms with E-state index in [1.165, 1.54) is 5.56 Å². The van der Waals surface area contributed by atoms with Crippen LogP contribution < -0.4 is 0 Å². The van der Waals surface area contributed by atoms with Crippen molar-refractivity contribution in [1.29, 1.82) is 0 Å². The highest BCUT2D eigenvalue weighted by molar-refractivity contribution is 5.89. The molecule has 0 bridgehead atoms. The van der Waals surface area contributed by atoms with Crippen molar-refractivity contribution >= 4 is 5.97 Å². The Kier molecular flexibility index (Phi) is 12.2. The van der Waals surface area contributed by atoms with E-state index in [2.05, 4.69) is 27.7 Å². The molecule has 2 atom stereocenters. The fourth-order valence-corrected chi connectivity index (χ4v) is 2.92. The monoisotopic (exact) mass is 352 g/mol. The third kappa shape index (κ3) is 10.3. The van der Waals surface area contributed by atoms with Gasteiger partial charge in [-0.25, -0.2) is 4.79 Å². The van der Waals surface area contributed by atoms with Crippen LogP contribution in [0.1, 0.15) is 81.8 Å². The molecule has 1 aromatic rings. The lowest BCUT2D eigenvalue weighted by Crippen LogP contribution is -2.16. The number of aliphatic hydroxyl groups is 2. The summed E-state index contributed by atoms with van der Waals surface area (Å²) in [6.07, 6.45) is 4.44. The lowest BCUT2D eigenvalue weighted by molar-refractivity contribution is 0.0694. The van der Waals surface area contributed by atoms with Crippen LogP contribution in [-0.2, 0) is 12.8 Å². The Morgan fingerprint density at radius 3 is 2.04 bits per heavy atom. The van der Waals surface area contributed by atoms with E-state index in [4.69, 9.17) is 10.2 Å². The molecule has 0 fully saturated rings. The Labute approximate surface area is 152 Å². The number of aliphatic hydroxyl groups excluding tert-OH is 2. The molecule has 0 saturated heterocycles. The minimum Gasteiger partial charge on any atom is -0.478 e. The number of carboxylic acids is 1. The molecule has 144 valence electrons. The molecule has 3 N–H and O–H groups in total. The molecular formula is C21H36O4. The summed E-state index contributed by atoms with van der Waals surface area (Å²) in [6.45, 7) is 10.0. The summed E-state index contributed by atoms with van der Waals surface area (Å²) >= 11 is 0. The zero-order chi connectivity index (χ0) is 19.4. The van der Waals surface area contributed by atoms with Crippen molar-refractivity contribution in [3.63, 3.8) is 0 Å². The van der Waals surface area contributed by atoms with Gasteiger partial charge in [-0.3, -0.25) is 0 Å². The molecule has 0 aliphatic heterocycles. The largest absolute Gasteiger partial charge is 0.478 e. The normalized spacial score (nSPS) is 13.1. The van der Waals surface area contributed by atoms with E-state index in [9.17, 15) is 9.90 Å². The first kappa shape index (κ1) is 23.6. The molecule has 1 rings (SSSR count). The standard InChI is InChI=1S/C13H18O2.C8H18O2/c1-3-6-10-8-5-9-12(13(14)15)11(10)7-4-2;1-6(2)4-8(10)5-7(3)9/h5,8-9H,3-4,6-7H2,1-2H3,(H,14,15);6-10H,4-5H2,1-3H3. The minimum atomic E-state index is -0.809. The lowest BCUT2D eigenvalue weighted by Gasteiger charge is -2.13. The van der Waals surface area contributed by atoms with Gasteiger partial charge >= 0.3 is 5.97 Å². The van der Waals surface area contributed by atoms with E-state index in [0.717, 1.165) is 37.7 Å². The topological polar surface area (TPSA) is 77.8 Å². The van der Waals surface area contributed by atoms with Gasteiger partial charge in [0.05, 0.1) is 17.8 Å². The molecule has 2 unspecified atom stereocenters.